The summed E-state index contributed by atoms with van der Waals surface area (Å²) in [5.74, 6) is 0. The Morgan fingerprint density at radius 1 is 1.16 bits per heavy atom. The molecule has 1 aromatic heterocycles. The topological polar surface area (TPSA) is 25.2 Å². The number of hydrogen-bond acceptors (Lipinski definition) is 2. The molecule has 1 N–H and O–H groups in total. The summed E-state index contributed by atoms with van der Waals surface area (Å²) >= 11 is 0. The Morgan fingerprint density at radius 2 is 1.89 bits per heavy atom. The van der Waals surface area contributed by atoms with Crippen LogP contribution in [-0.2, 0) is 19.3 Å². The van der Waals surface area contributed by atoms with E-state index in [1.807, 2.05) is 6.26 Å². The molecule has 2 nitrogen and oxygen atoms in total. The van der Waals surface area contributed by atoms with Gasteiger partial charge in [0, 0.05) is 11.4 Å². The van der Waals surface area contributed by atoms with Gasteiger partial charge in [0.2, 0.25) is 0 Å². The minimum absolute atomic E-state index is 0.547. The summed E-state index contributed by atoms with van der Waals surface area (Å²) in [6, 6.07) is 5.19. The molecular weight excluding hydrogens is 234 g/mol. The third kappa shape index (κ3) is 2.69. The number of furan rings is 1. The van der Waals surface area contributed by atoms with Gasteiger partial charge in [0.1, 0.15) is 5.58 Å². The van der Waals surface area contributed by atoms with E-state index in [1.54, 1.807) is 5.56 Å². The molecule has 0 saturated carbocycles. The average molecular weight is 257 g/mol. The minimum Gasteiger partial charge on any atom is -0.464 e. The number of rotatable bonds is 4. The van der Waals surface area contributed by atoms with Crippen molar-refractivity contribution < 1.29 is 4.42 Å². The Labute approximate surface area is 115 Å². The van der Waals surface area contributed by atoms with E-state index in [0.29, 0.717) is 6.04 Å². The summed E-state index contributed by atoms with van der Waals surface area (Å²) in [7, 11) is 0. The lowest BCUT2D eigenvalue weighted by atomic mass is 9.90. The number of aryl methyl sites for hydroxylation is 2. The molecule has 0 radical (unpaired) electrons. The minimum atomic E-state index is 0.547. The van der Waals surface area contributed by atoms with Crippen molar-refractivity contribution in [3.8, 4) is 0 Å². The van der Waals surface area contributed by atoms with Crippen LogP contribution in [0.25, 0.3) is 11.0 Å². The summed E-state index contributed by atoms with van der Waals surface area (Å²) < 4.78 is 5.74. The first-order valence-corrected chi connectivity index (χ1v) is 7.49. The van der Waals surface area contributed by atoms with Crippen LogP contribution in [0.1, 0.15) is 43.4 Å². The predicted molar refractivity (Wildman–Crippen MR) is 79.7 cm³/mol. The van der Waals surface area contributed by atoms with Crippen molar-refractivity contribution in [1.82, 2.24) is 5.32 Å². The highest BCUT2D eigenvalue weighted by atomic mass is 16.3. The average Bonchev–Trinajstić information content (AvgIpc) is 2.78. The van der Waals surface area contributed by atoms with Crippen molar-refractivity contribution in [2.45, 2.75) is 52.0 Å². The SMILES string of the molecule is CC(C)NCCc1coc2cc3c(cc12)CCCC3. The van der Waals surface area contributed by atoms with Crippen LogP contribution in [0.2, 0.25) is 0 Å². The van der Waals surface area contributed by atoms with Crippen LogP contribution >= 0.6 is 0 Å². The molecule has 2 aromatic rings. The van der Waals surface area contributed by atoms with Crippen LogP contribution in [-0.4, -0.2) is 12.6 Å². The molecule has 3 rings (SSSR count). The second kappa shape index (κ2) is 5.38. The first-order valence-electron chi connectivity index (χ1n) is 7.49. The quantitative estimate of drug-likeness (QED) is 0.900. The van der Waals surface area contributed by atoms with E-state index >= 15 is 0 Å². The van der Waals surface area contributed by atoms with E-state index in [0.717, 1.165) is 18.5 Å². The summed E-state index contributed by atoms with van der Waals surface area (Å²) in [5, 5.41) is 4.79. The molecular formula is C17H23NO. The molecule has 1 aliphatic rings. The van der Waals surface area contributed by atoms with Crippen molar-refractivity contribution in [1.29, 1.82) is 0 Å². The summed E-state index contributed by atoms with van der Waals surface area (Å²) in [6.07, 6.45) is 8.10. The fraction of sp³-hybridized carbons (Fsp3) is 0.529. The molecule has 0 saturated heterocycles. The third-order valence-electron chi connectivity index (χ3n) is 4.07. The Balaban J connectivity index is 1.85. The Bertz CT molecular complexity index is 568. The lowest BCUT2D eigenvalue weighted by Crippen LogP contribution is -2.24. The van der Waals surface area contributed by atoms with Gasteiger partial charge in [0.15, 0.2) is 0 Å². The number of hydrogen-bond donors (Lipinski definition) is 1. The molecule has 2 heteroatoms. The van der Waals surface area contributed by atoms with Crippen LogP contribution in [0.4, 0.5) is 0 Å². The molecule has 102 valence electrons. The van der Waals surface area contributed by atoms with Crippen LogP contribution in [0, 0.1) is 0 Å². The predicted octanol–water partition coefficient (Wildman–Crippen LogP) is 3.85. The van der Waals surface area contributed by atoms with E-state index in [9.17, 15) is 0 Å². The van der Waals surface area contributed by atoms with Gasteiger partial charge in [-0.05, 0) is 67.5 Å². The molecule has 0 fully saturated rings. The van der Waals surface area contributed by atoms with E-state index in [4.69, 9.17) is 4.42 Å². The van der Waals surface area contributed by atoms with Gasteiger partial charge < -0.3 is 9.73 Å². The largest absolute Gasteiger partial charge is 0.464 e. The molecule has 19 heavy (non-hydrogen) atoms. The van der Waals surface area contributed by atoms with E-state index in [-0.39, 0.29) is 0 Å². The number of fused-ring (bicyclic) bond motifs is 2. The Hall–Kier alpha value is -1.28. The standard InChI is InChI=1S/C17H23NO/c1-12(2)18-8-7-15-11-19-17-10-14-6-4-3-5-13(14)9-16(15)17/h9-12,18H,3-8H2,1-2H3. The van der Waals surface area contributed by atoms with Gasteiger partial charge in [-0.2, -0.15) is 0 Å². The van der Waals surface area contributed by atoms with Crippen LogP contribution in [0.15, 0.2) is 22.8 Å². The maximum atomic E-state index is 5.74. The van der Waals surface area contributed by atoms with Crippen molar-refractivity contribution in [3.05, 3.63) is 35.1 Å². The number of benzene rings is 1. The molecule has 1 aromatic carbocycles. The van der Waals surface area contributed by atoms with Gasteiger partial charge in [-0.1, -0.05) is 13.8 Å². The molecule has 0 amide bonds. The Morgan fingerprint density at radius 3 is 2.63 bits per heavy atom. The second-order valence-corrected chi connectivity index (χ2v) is 5.94. The molecule has 1 aliphatic carbocycles. The third-order valence-corrected chi connectivity index (χ3v) is 4.07. The molecule has 0 bridgehead atoms. The first-order chi connectivity index (χ1) is 9.24. The van der Waals surface area contributed by atoms with E-state index < -0.39 is 0 Å². The summed E-state index contributed by atoms with van der Waals surface area (Å²) in [4.78, 5) is 0. The van der Waals surface area contributed by atoms with Crippen molar-refractivity contribution in [3.63, 3.8) is 0 Å². The van der Waals surface area contributed by atoms with Crippen LogP contribution in [0.3, 0.4) is 0 Å². The molecule has 0 unspecified atom stereocenters. The van der Waals surface area contributed by atoms with Crippen LogP contribution in [0.5, 0.6) is 0 Å². The van der Waals surface area contributed by atoms with E-state index in [2.05, 4.69) is 31.3 Å². The summed E-state index contributed by atoms with van der Waals surface area (Å²) in [6.45, 7) is 5.39. The first kappa shape index (κ1) is 12.7. The highest BCUT2D eigenvalue weighted by Gasteiger charge is 2.14. The smallest absolute Gasteiger partial charge is 0.134 e. The van der Waals surface area contributed by atoms with Crippen molar-refractivity contribution in [2.75, 3.05) is 6.54 Å². The zero-order chi connectivity index (χ0) is 13.2. The highest BCUT2D eigenvalue weighted by Crippen LogP contribution is 2.29. The monoisotopic (exact) mass is 257 g/mol. The fourth-order valence-electron chi connectivity index (χ4n) is 3.00. The molecule has 0 aliphatic heterocycles. The zero-order valence-corrected chi connectivity index (χ0v) is 12.0. The van der Waals surface area contributed by atoms with Gasteiger partial charge in [-0.3, -0.25) is 0 Å². The van der Waals surface area contributed by atoms with Crippen molar-refractivity contribution >= 4 is 11.0 Å². The molecule has 0 atom stereocenters. The lowest BCUT2D eigenvalue weighted by molar-refractivity contribution is 0.580. The second-order valence-electron chi connectivity index (χ2n) is 5.94. The van der Waals surface area contributed by atoms with Crippen molar-refractivity contribution in [2.24, 2.45) is 0 Å². The van der Waals surface area contributed by atoms with Gasteiger partial charge in [-0.15, -0.1) is 0 Å². The Kier molecular flexibility index (Phi) is 3.61. The zero-order valence-electron chi connectivity index (χ0n) is 12.0. The lowest BCUT2D eigenvalue weighted by Gasteiger charge is -2.15. The molecule has 0 spiro atoms. The maximum absolute atomic E-state index is 5.74. The van der Waals surface area contributed by atoms with E-state index in [1.165, 1.54) is 42.2 Å². The van der Waals surface area contributed by atoms with Crippen LogP contribution < -0.4 is 5.32 Å². The maximum Gasteiger partial charge on any atom is 0.134 e. The molecule has 1 heterocycles. The number of nitrogens with one attached hydrogen (secondary N) is 1. The van der Waals surface area contributed by atoms with Gasteiger partial charge in [-0.25, -0.2) is 0 Å². The van der Waals surface area contributed by atoms with Gasteiger partial charge in [0.05, 0.1) is 6.26 Å². The fourth-order valence-corrected chi connectivity index (χ4v) is 3.00. The highest BCUT2D eigenvalue weighted by molar-refractivity contribution is 5.83. The van der Waals surface area contributed by atoms with Gasteiger partial charge in [0.25, 0.3) is 0 Å². The normalized spacial score (nSPS) is 15.1. The summed E-state index contributed by atoms with van der Waals surface area (Å²) in [5.41, 5.74) is 5.45. The van der Waals surface area contributed by atoms with Gasteiger partial charge >= 0.3 is 0 Å².